The van der Waals surface area contributed by atoms with Crippen LogP contribution in [0.25, 0.3) is 11.3 Å². The first kappa shape index (κ1) is 38.4. The molecule has 3 aromatic carbocycles. The minimum atomic E-state index is -1.23. The zero-order chi connectivity index (χ0) is 38.0. The Morgan fingerprint density at radius 2 is 1.58 bits per heavy atom. The van der Waals surface area contributed by atoms with E-state index in [9.17, 15) is 24.3 Å². The zero-order valence-electron chi connectivity index (χ0n) is 30.3. The van der Waals surface area contributed by atoms with Gasteiger partial charge in [-0.05, 0) is 47.2 Å². The van der Waals surface area contributed by atoms with Crippen LogP contribution in [0, 0.1) is 5.41 Å². The fraction of sp³-hybridized carbons (Fsp3) is 0.325. The lowest BCUT2D eigenvalue weighted by Gasteiger charge is -2.34. The first-order valence-corrected chi connectivity index (χ1v) is 17.4. The van der Waals surface area contributed by atoms with Gasteiger partial charge in [-0.2, -0.15) is 0 Å². The number of cyclic esters (lactones) is 1. The van der Waals surface area contributed by atoms with Crippen molar-refractivity contribution in [1.82, 2.24) is 26.1 Å². The minimum absolute atomic E-state index is 0.000890. The number of amides is 4. The number of nitrogens with zero attached hydrogens (tertiary/aromatic N) is 3. The van der Waals surface area contributed by atoms with Crippen LogP contribution in [-0.2, 0) is 32.0 Å². The smallest absolute Gasteiger partial charge is 0.415 e. The van der Waals surface area contributed by atoms with Crippen molar-refractivity contribution in [2.24, 2.45) is 5.41 Å². The number of benzene rings is 3. The molecule has 1 fully saturated rings. The standard InChI is InChI=1S/C40H46N6O7/c1-40(2,3)35(43-38(50)52-4)37(49)44-45(24-28-18-20-29(21-19-28)31-17-11-12-22-41-31)25-33(47)32(23-27-13-7-5-8-14-27)42-36(48)34-26-46(39(51)53-34)30-15-9-6-10-16-30/h5-22,32-35,47H,23-26H2,1-4H3,(H,42,48)(H,43,50)(H,44,49)/t32-,33-,34-,35+/m0/s1. The third kappa shape index (κ3) is 10.6. The molecule has 0 saturated carbocycles. The number of carbonyl (C=O) groups excluding carboxylic acids is 4. The van der Waals surface area contributed by atoms with Crippen molar-refractivity contribution in [3.8, 4) is 11.3 Å². The van der Waals surface area contributed by atoms with E-state index in [0.29, 0.717) is 5.69 Å². The topological polar surface area (TPSA) is 162 Å². The molecule has 0 unspecified atom stereocenters. The van der Waals surface area contributed by atoms with E-state index in [4.69, 9.17) is 9.47 Å². The Kier molecular flexibility index (Phi) is 12.8. The number of aliphatic hydroxyl groups excluding tert-OH is 1. The van der Waals surface area contributed by atoms with Crippen molar-refractivity contribution in [2.75, 3.05) is 25.1 Å². The summed E-state index contributed by atoms with van der Waals surface area (Å²) in [4.78, 5) is 58.2. The molecule has 0 spiro atoms. The van der Waals surface area contributed by atoms with E-state index in [2.05, 4.69) is 21.0 Å². The van der Waals surface area contributed by atoms with E-state index >= 15 is 0 Å². The number of rotatable bonds is 14. The number of methoxy groups -OCH3 is 1. The highest BCUT2D eigenvalue weighted by atomic mass is 16.6. The van der Waals surface area contributed by atoms with Crippen molar-refractivity contribution >= 4 is 29.7 Å². The first-order valence-electron chi connectivity index (χ1n) is 17.4. The number of hydrogen-bond donors (Lipinski definition) is 4. The third-order valence-corrected chi connectivity index (χ3v) is 8.80. The highest BCUT2D eigenvalue weighted by molar-refractivity contribution is 5.95. The predicted octanol–water partition coefficient (Wildman–Crippen LogP) is 4.47. The number of aliphatic hydroxyl groups is 1. The Hall–Kier alpha value is -5.79. The Labute approximate surface area is 309 Å². The molecule has 4 amide bonds. The maximum Gasteiger partial charge on any atom is 0.415 e. The maximum atomic E-state index is 13.8. The lowest BCUT2D eigenvalue weighted by molar-refractivity contribution is -0.133. The molecule has 1 aromatic heterocycles. The van der Waals surface area contributed by atoms with Gasteiger partial charge >= 0.3 is 12.2 Å². The van der Waals surface area contributed by atoms with E-state index in [0.717, 1.165) is 22.4 Å². The number of aromatic nitrogens is 1. The lowest BCUT2D eigenvalue weighted by atomic mass is 9.86. The summed E-state index contributed by atoms with van der Waals surface area (Å²) in [5.74, 6) is -1.09. The Morgan fingerprint density at radius 3 is 2.21 bits per heavy atom. The van der Waals surface area contributed by atoms with Gasteiger partial charge in [-0.3, -0.25) is 24.9 Å². The van der Waals surface area contributed by atoms with Gasteiger partial charge in [-0.15, -0.1) is 0 Å². The highest BCUT2D eigenvalue weighted by Crippen LogP contribution is 2.23. The van der Waals surface area contributed by atoms with Crippen LogP contribution >= 0.6 is 0 Å². The molecule has 2 heterocycles. The molecule has 4 N–H and O–H groups in total. The summed E-state index contributed by atoms with van der Waals surface area (Å²) in [6.45, 7) is 5.47. The van der Waals surface area contributed by atoms with Crippen molar-refractivity contribution in [1.29, 1.82) is 0 Å². The number of carbonyl (C=O) groups is 4. The molecule has 4 atom stereocenters. The average molecular weight is 723 g/mol. The van der Waals surface area contributed by atoms with Crippen LogP contribution in [0.15, 0.2) is 109 Å². The molecule has 4 aromatic rings. The van der Waals surface area contributed by atoms with E-state index in [1.165, 1.54) is 12.0 Å². The number of alkyl carbamates (subject to hydrolysis) is 1. The molecule has 1 saturated heterocycles. The van der Waals surface area contributed by atoms with Gasteiger partial charge in [0.25, 0.3) is 11.8 Å². The van der Waals surface area contributed by atoms with Gasteiger partial charge in [0.05, 0.1) is 31.5 Å². The average Bonchev–Trinajstić information content (AvgIpc) is 3.55. The second-order valence-corrected chi connectivity index (χ2v) is 13.9. The van der Waals surface area contributed by atoms with Crippen LogP contribution in [0.5, 0.6) is 0 Å². The summed E-state index contributed by atoms with van der Waals surface area (Å²) in [6, 6.07) is 29.7. The van der Waals surface area contributed by atoms with Gasteiger partial charge in [-0.1, -0.05) is 99.6 Å². The quantitative estimate of drug-likeness (QED) is 0.138. The largest absolute Gasteiger partial charge is 0.453 e. The number of pyridine rings is 1. The van der Waals surface area contributed by atoms with Crippen LogP contribution in [0.2, 0.25) is 0 Å². The molecular weight excluding hydrogens is 676 g/mol. The summed E-state index contributed by atoms with van der Waals surface area (Å²) in [7, 11) is 1.22. The monoisotopic (exact) mass is 722 g/mol. The van der Waals surface area contributed by atoms with Gasteiger partial charge < -0.3 is 25.2 Å². The van der Waals surface area contributed by atoms with Crippen LogP contribution in [0.4, 0.5) is 15.3 Å². The normalized spacial score (nSPS) is 15.9. The molecule has 0 bridgehead atoms. The highest BCUT2D eigenvalue weighted by Gasteiger charge is 2.39. The van der Waals surface area contributed by atoms with E-state index < -0.39 is 53.7 Å². The van der Waals surface area contributed by atoms with Crippen molar-refractivity contribution < 1.29 is 33.8 Å². The van der Waals surface area contributed by atoms with Gasteiger partial charge in [-0.25, -0.2) is 14.6 Å². The van der Waals surface area contributed by atoms with Gasteiger partial charge in [0.1, 0.15) is 6.04 Å². The molecule has 278 valence electrons. The van der Waals surface area contributed by atoms with E-state index in [1.54, 1.807) is 35.5 Å². The van der Waals surface area contributed by atoms with Crippen LogP contribution in [0.1, 0.15) is 31.9 Å². The third-order valence-electron chi connectivity index (χ3n) is 8.80. The summed E-state index contributed by atoms with van der Waals surface area (Å²) in [5, 5.41) is 18.9. The summed E-state index contributed by atoms with van der Waals surface area (Å²) in [6.07, 6.45) is -1.79. The number of anilines is 1. The van der Waals surface area contributed by atoms with Crippen LogP contribution < -0.4 is 21.0 Å². The maximum absolute atomic E-state index is 13.8. The molecule has 53 heavy (non-hydrogen) atoms. The minimum Gasteiger partial charge on any atom is -0.453 e. The van der Waals surface area contributed by atoms with Crippen molar-refractivity contribution in [2.45, 2.75) is 58.0 Å². The summed E-state index contributed by atoms with van der Waals surface area (Å²) >= 11 is 0. The van der Waals surface area contributed by atoms with Crippen molar-refractivity contribution in [3.05, 3.63) is 120 Å². The molecule has 0 aliphatic carbocycles. The molecule has 1 aliphatic rings. The molecule has 0 radical (unpaired) electrons. The number of nitrogens with one attached hydrogen (secondary N) is 3. The predicted molar refractivity (Wildman–Crippen MR) is 199 cm³/mol. The van der Waals surface area contributed by atoms with Gasteiger partial charge in [0, 0.05) is 30.5 Å². The lowest BCUT2D eigenvalue weighted by Crippen LogP contribution is -2.59. The van der Waals surface area contributed by atoms with E-state index in [-0.39, 0.29) is 26.1 Å². The SMILES string of the molecule is COC(=O)N[C@H](C(=O)NN(Cc1ccc(-c2ccccn2)cc1)C[C@H](O)[C@H](Cc1ccccc1)NC(=O)[C@@H]1CN(c2ccccc2)C(=O)O1)C(C)(C)C. The Balaban J connectivity index is 1.38. The first-order chi connectivity index (χ1) is 25.4. The number of ether oxygens (including phenoxy) is 2. The number of para-hydroxylation sites is 1. The number of hydrogen-bond acceptors (Lipinski definition) is 9. The molecule has 1 aliphatic heterocycles. The molecular formula is C40H46N6O7. The van der Waals surface area contributed by atoms with Gasteiger partial charge in [0.15, 0.2) is 6.10 Å². The molecule has 5 rings (SSSR count). The molecule has 13 heteroatoms. The summed E-state index contributed by atoms with van der Waals surface area (Å²) in [5.41, 5.74) is 6.17. The Morgan fingerprint density at radius 1 is 0.925 bits per heavy atom. The second-order valence-electron chi connectivity index (χ2n) is 13.9. The molecule has 13 nitrogen and oxygen atoms in total. The van der Waals surface area contributed by atoms with Crippen LogP contribution in [0.3, 0.4) is 0 Å². The second kappa shape index (κ2) is 17.6. The number of hydrazine groups is 1. The summed E-state index contributed by atoms with van der Waals surface area (Å²) < 4.78 is 10.2. The zero-order valence-corrected chi connectivity index (χ0v) is 30.3. The van der Waals surface area contributed by atoms with Crippen molar-refractivity contribution in [3.63, 3.8) is 0 Å². The Bertz CT molecular complexity index is 1820. The van der Waals surface area contributed by atoms with E-state index in [1.807, 2.05) is 99.6 Å². The van der Waals surface area contributed by atoms with Gasteiger partial charge in [0.2, 0.25) is 0 Å². The fourth-order valence-electron chi connectivity index (χ4n) is 5.96. The van der Waals surface area contributed by atoms with Crippen LogP contribution in [-0.4, -0.2) is 83.6 Å². The fourth-order valence-corrected chi connectivity index (χ4v) is 5.96.